The first-order valence-corrected chi connectivity index (χ1v) is 7.78. The van der Waals surface area contributed by atoms with Gasteiger partial charge >= 0.3 is 6.18 Å². The fourth-order valence-corrected chi connectivity index (χ4v) is 2.58. The van der Waals surface area contributed by atoms with Gasteiger partial charge in [0.25, 0.3) is 0 Å². The molecule has 1 fully saturated rings. The number of hydrogen-bond donors (Lipinski definition) is 2. The SMILES string of the molecule is O=C(Nc1cccc(F)c1)C1CC1C(=O)Nc1cccc(C(F)(F)F)c1. The lowest BCUT2D eigenvalue weighted by Crippen LogP contribution is -2.20. The molecule has 2 unspecified atom stereocenters. The molecular formula is C18H14F4N2O2. The van der Waals surface area contributed by atoms with E-state index in [9.17, 15) is 27.2 Å². The molecule has 1 aliphatic carbocycles. The summed E-state index contributed by atoms with van der Waals surface area (Å²) >= 11 is 0. The lowest BCUT2D eigenvalue weighted by molar-refractivity contribution is -0.137. The molecule has 136 valence electrons. The van der Waals surface area contributed by atoms with Crippen molar-refractivity contribution >= 4 is 23.2 Å². The summed E-state index contributed by atoms with van der Waals surface area (Å²) < 4.78 is 51.2. The van der Waals surface area contributed by atoms with Gasteiger partial charge in [0.1, 0.15) is 5.82 Å². The van der Waals surface area contributed by atoms with Gasteiger partial charge in [-0.2, -0.15) is 13.2 Å². The highest BCUT2D eigenvalue weighted by Crippen LogP contribution is 2.40. The second-order valence-electron chi connectivity index (χ2n) is 6.02. The molecule has 4 nitrogen and oxygen atoms in total. The van der Waals surface area contributed by atoms with Crippen molar-refractivity contribution in [3.05, 3.63) is 59.9 Å². The molecule has 2 N–H and O–H groups in total. The van der Waals surface area contributed by atoms with E-state index in [4.69, 9.17) is 0 Å². The minimum atomic E-state index is -4.51. The highest BCUT2D eigenvalue weighted by molar-refractivity contribution is 6.03. The van der Waals surface area contributed by atoms with Crippen molar-refractivity contribution in [3.8, 4) is 0 Å². The van der Waals surface area contributed by atoms with Crippen molar-refractivity contribution in [1.82, 2.24) is 0 Å². The number of alkyl halides is 3. The number of hydrogen-bond acceptors (Lipinski definition) is 2. The number of anilines is 2. The van der Waals surface area contributed by atoms with Crippen molar-refractivity contribution < 1.29 is 27.2 Å². The largest absolute Gasteiger partial charge is 0.416 e. The van der Waals surface area contributed by atoms with Crippen LogP contribution in [-0.4, -0.2) is 11.8 Å². The van der Waals surface area contributed by atoms with E-state index in [2.05, 4.69) is 10.6 Å². The van der Waals surface area contributed by atoms with Crippen molar-refractivity contribution in [2.24, 2.45) is 11.8 Å². The Balaban J connectivity index is 1.58. The van der Waals surface area contributed by atoms with Crippen LogP contribution in [0.25, 0.3) is 0 Å². The number of rotatable bonds is 4. The Morgan fingerprint density at radius 3 is 1.96 bits per heavy atom. The van der Waals surface area contributed by atoms with Gasteiger partial charge in [-0.15, -0.1) is 0 Å². The first-order valence-electron chi connectivity index (χ1n) is 7.78. The summed E-state index contributed by atoms with van der Waals surface area (Å²) in [5.41, 5.74) is -0.577. The minimum Gasteiger partial charge on any atom is -0.326 e. The molecule has 2 amide bonds. The van der Waals surface area contributed by atoms with Crippen molar-refractivity contribution in [1.29, 1.82) is 0 Å². The molecule has 0 saturated heterocycles. The third-order valence-electron chi connectivity index (χ3n) is 4.01. The molecule has 1 aliphatic rings. The Kier molecular flexibility index (Phi) is 4.67. The molecule has 26 heavy (non-hydrogen) atoms. The number of carbonyl (C=O) groups excluding carboxylic acids is 2. The van der Waals surface area contributed by atoms with Crippen LogP contribution in [0.4, 0.5) is 28.9 Å². The van der Waals surface area contributed by atoms with Crippen LogP contribution in [0.5, 0.6) is 0 Å². The highest BCUT2D eigenvalue weighted by atomic mass is 19.4. The van der Waals surface area contributed by atoms with E-state index in [1.165, 1.54) is 30.3 Å². The second kappa shape index (κ2) is 6.78. The van der Waals surface area contributed by atoms with Gasteiger partial charge < -0.3 is 10.6 Å². The zero-order valence-electron chi connectivity index (χ0n) is 13.3. The predicted molar refractivity (Wildman–Crippen MR) is 86.7 cm³/mol. The lowest BCUT2D eigenvalue weighted by atomic mass is 10.2. The topological polar surface area (TPSA) is 58.2 Å². The molecular weight excluding hydrogens is 352 g/mol. The van der Waals surface area contributed by atoms with Gasteiger partial charge in [-0.3, -0.25) is 9.59 Å². The summed E-state index contributed by atoms with van der Waals surface area (Å²) in [6, 6.07) is 9.62. The average Bonchev–Trinajstić information content (AvgIpc) is 3.35. The maximum Gasteiger partial charge on any atom is 0.416 e. The summed E-state index contributed by atoms with van der Waals surface area (Å²) in [7, 11) is 0. The Morgan fingerprint density at radius 1 is 0.885 bits per heavy atom. The fraction of sp³-hybridized carbons (Fsp3) is 0.222. The van der Waals surface area contributed by atoms with E-state index >= 15 is 0 Å². The normalized spacial score (nSPS) is 18.9. The Morgan fingerprint density at radius 2 is 1.42 bits per heavy atom. The van der Waals surface area contributed by atoms with Crippen LogP contribution in [0.1, 0.15) is 12.0 Å². The molecule has 0 radical (unpaired) electrons. The minimum absolute atomic E-state index is 0.0148. The maximum atomic E-state index is 13.1. The van der Waals surface area contributed by atoms with Gasteiger partial charge in [0.2, 0.25) is 11.8 Å². The monoisotopic (exact) mass is 366 g/mol. The van der Waals surface area contributed by atoms with Crippen molar-refractivity contribution in [2.75, 3.05) is 10.6 Å². The zero-order valence-corrected chi connectivity index (χ0v) is 13.3. The smallest absolute Gasteiger partial charge is 0.326 e. The molecule has 2 atom stereocenters. The average molecular weight is 366 g/mol. The van der Waals surface area contributed by atoms with Crippen LogP contribution < -0.4 is 10.6 Å². The van der Waals surface area contributed by atoms with Gasteiger partial charge in [-0.25, -0.2) is 4.39 Å². The summed E-state index contributed by atoms with van der Waals surface area (Å²) in [5.74, 6) is -2.68. The number of halogens is 4. The molecule has 2 aromatic rings. The van der Waals surface area contributed by atoms with Gasteiger partial charge in [0.15, 0.2) is 0 Å². The van der Waals surface area contributed by atoms with Gasteiger partial charge in [-0.1, -0.05) is 12.1 Å². The maximum absolute atomic E-state index is 13.1. The molecule has 0 heterocycles. The Bertz CT molecular complexity index is 851. The van der Waals surface area contributed by atoms with E-state index in [1.807, 2.05) is 0 Å². The van der Waals surface area contributed by atoms with E-state index < -0.39 is 41.2 Å². The van der Waals surface area contributed by atoms with Crippen LogP contribution in [0, 0.1) is 17.7 Å². The molecule has 3 rings (SSSR count). The third kappa shape index (κ3) is 4.19. The summed E-state index contributed by atoms with van der Waals surface area (Å²) in [4.78, 5) is 24.2. The number of carbonyl (C=O) groups is 2. The van der Waals surface area contributed by atoms with E-state index in [0.29, 0.717) is 0 Å². The second-order valence-corrected chi connectivity index (χ2v) is 6.02. The lowest BCUT2D eigenvalue weighted by Gasteiger charge is -2.10. The standard InChI is InChI=1S/C18H14F4N2O2/c19-11-4-2-6-13(8-11)24-17(26)15-9-14(15)16(25)23-12-5-1-3-10(7-12)18(20,21)22/h1-8,14-15H,9H2,(H,23,25)(H,24,26). The first-order chi connectivity index (χ1) is 12.2. The highest BCUT2D eigenvalue weighted by Gasteiger charge is 2.48. The molecule has 0 bridgehead atoms. The van der Waals surface area contributed by atoms with Crippen LogP contribution >= 0.6 is 0 Å². The summed E-state index contributed by atoms with van der Waals surface area (Å²) in [5, 5.41) is 4.91. The van der Waals surface area contributed by atoms with Crippen molar-refractivity contribution in [2.45, 2.75) is 12.6 Å². The van der Waals surface area contributed by atoms with Crippen LogP contribution in [0.3, 0.4) is 0 Å². The summed E-state index contributed by atoms with van der Waals surface area (Å²) in [6.45, 7) is 0. The van der Waals surface area contributed by atoms with Crippen LogP contribution in [-0.2, 0) is 15.8 Å². The first kappa shape index (κ1) is 17.9. The molecule has 2 aromatic carbocycles. The van der Waals surface area contributed by atoms with Crippen LogP contribution in [0.2, 0.25) is 0 Å². The van der Waals surface area contributed by atoms with Gasteiger partial charge in [0, 0.05) is 11.4 Å². The Hall–Kier alpha value is -2.90. The van der Waals surface area contributed by atoms with E-state index in [0.717, 1.165) is 18.2 Å². The van der Waals surface area contributed by atoms with Crippen molar-refractivity contribution in [3.63, 3.8) is 0 Å². The predicted octanol–water partition coefficient (Wildman–Crippen LogP) is 4.06. The number of amides is 2. The molecule has 0 spiro atoms. The zero-order chi connectivity index (χ0) is 18.9. The van der Waals surface area contributed by atoms with Gasteiger partial charge in [0.05, 0.1) is 17.4 Å². The number of benzene rings is 2. The molecule has 8 heteroatoms. The Labute approximate surface area is 146 Å². The number of nitrogens with one attached hydrogen (secondary N) is 2. The molecule has 0 aliphatic heterocycles. The summed E-state index contributed by atoms with van der Waals surface area (Å²) in [6.07, 6.45) is -4.22. The van der Waals surface area contributed by atoms with E-state index in [1.54, 1.807) is 0 Å². The molecule has 1 saturated carbocycles. The third-order valence-corrected chi connectivity index (χ3v) is 4.01. The molecule has 0 aromatic heterocycles. The fourth-order valence-electron chi connectivity index (χ4n) is 2.58. The van der Waals surface area contributed by atoms with Gasteiger partial charge in [-0.05, 0) is 42.8 Å². The van der Waals surface area contributed by atoms with Crippen LogP contribution in [0.15, 0.2) is 48.5 Å². The van der Waals surface area contributed by atoms with E-state index in [-0.39, 0.29) is 17.8 Å². The quantitative estimate of drug-likeness (QED) is 0.802.